The van der Waals surface area contributed by atoms with Crippen LogP contribution in [0, 0.1) is 0 Å². The molecule has 1 aliphatic rings. The Morgan fingerprint density at radius 3 is 2.44 bits per heavy atom. The molecule has 0 atom stereocenters. The van der Waals surface area contributed by atoms with Gasteiger partial charge in [-0.25, -0.2) is 4.79 Å². The summed E-state index contributed by atoms with van der Waals surface area (Å²) in [6.07, 6.45) is 5.14. The van der Waals surface area contributed by atoms with Crippen LogP contribution in [0.4, 0.5) is 0 Å². The third-order valence-electron chi connectivity index (χ3n) is 4.66. The van der Waals surface area contributed by atoms with E-state index < -0.39 is 11.5 Å². The summed E-state index contributed by atoms with van der Waals surface area (Å²) in [5.74, 6) is 1.39. The number of hydrogen-bond donors (Lipinski definition) is 2. The standard InChI is InChI=1S/C19H27NO4S/c1-24-16-9-7-15(8-10-16)5-3-2-4-6-17(21)20-19(18(22)23)11-13-25-14-12-19/h7-10H,2-6,11-14H2,1H3,(H,20,21)(H,22,23). The number of carboxylic acid groups (broad SMARTS) is 1. The maximum absolute atomic E-state index is 12.1. The lowest BCUT2D eigenvalue weighted by atomic mass is 9.92. The van der Waals surface area contributed by atoms with Gasteiger partial charge in [0.1, 0.15) is 11.3 Å². The number of thioether (sulfide) groups is 1. The topological polar surface area (TPSA) is 75.6 Å². The van der Waals surface area contributed by atoms with Gasteiger partial charge in [0.2, 0.25) is 5.91 Å². The van der Waals surface area contributed by atoms with Gasteiger partial charge < -0.3 is 15.2 Å². The lowest BCUT2D eigenvalue weighted by molar-refractivity contribution is -0.148. The van der Waals surface area contributed by atoms with Crippen LogP contribution >= 0.6 is 11.8 Å². The summed E-state index contributed by atoms with van der Waals surface area (Å²) in [6, 6.07) is 8.03. The molecular weight excluding hydrogens is 338 g/mol. The predicted octanol–water partition coefficient (Wildman–Crippen LogP) is 3.26. The van der Waals surface area contributed by atoms with Crippen molar-refractivity contribution in [2.75, 3.05) is 18.6 Å². The Labute approximate surface area is 153 Å². The number of carboxylic acids is 1. The molecule has 0 radical (unpaired) electrons. The molecule has 138 valence electrons. The van der Waals surface area contributed by atoms with E-state index in [0.717, 1.165) is 42.9 Å². The molecule has 6 heteroatoms. The van der Waals surface area contributed by atoms with Gasteiger partial charge >= 0.3 is 5.97 Å². The zero-order valence-corrected chi connectivity index (χ0v) is 15.6. The Morgan fingerprint density at radius 2 is 1.84 bits per heavy atom. The molecule has 1 aliphatic heterocycles. The third kappa shape index (κ3) is 5.96. The molecule has 0 bridgehead atoms. The first-order valence-electron chi connectivity index (χ1n) is 8.81. The van der Waals surface area contributed by atoms with Crippen LogP contribution < -0.4 is 10.1 Å². The second-order valence-corrected chi connectivity index (χ2v) is 7.68. The van der Waals surface area contributed by atoms with E-state index in [1.165, 1.54) is 5.56 Å². The van der Waals surface area contributed by atoms with Gasteiger partial charge in [-0.3, -0.25) is 4.79 Å². The number of aliphatic carboxylic acids is 1. The fourth-order valence-corrected chi connectivity index (χ4v) is 4.21. The van der Waals surface area contributed by atoms with Gasteiger partial charge in [0.25, 0.3) is 0 Å². The van der Waals surface area contributed by atoms with E-state index in [1.807, 2.05) is 12.1 Å². The molecule has 2 rings (SSSR count). The molecule has 0 spiro atoms. The van der Waals surface area contributed by atoms with Crippen LogP contribution in [0.5, 0.6) is 5.75 Å². The van der Waals surface area contributed by atoms with Crippen LogP contribution in [-0.2, 0) is 16.0 Å². The van der Waals surface area contributed by atoms with Gasteiger partial charge in [-0.1, -0.05) is 18.6 Å². The summed E-state index contributed by atoms with van der Waals surface area (Å²) in [6.45, 7) is 0. The molecule has 1 aromatic carbocycles. The van der Waals surface area contributed by atoms with Gasteiger partial charge in [-0.15, -0.1) is 0 Å². The first-order valence-corrected chi connectivity index (χ1v) is 9.96. The highest BCUT2D eigenvalue weighted by Crippen LogP contribution is 2.27. The lowest BCUT2D eigenvalue weighted by Crippen LogP contribution is -2.56. The molecule has 1 amide bonds. The van der Waals surface area contributed by atoms with Gasteiger partial charge in [0.05, 0.1) is 7.11 Å². The van der Waals surface area contributed by atoms with Crippen molar-refractivity contribution in [1.82, 2.24) is 5.32 Å². The summed E-state index contributed by atoms with van der Waals surface area (Å²) in [5.41, 5.74) is 0.209. The fourth-order valence-electron chi connectivity index (χ4n) is 3.03. The zero-order valence-electron chi connectivity index (χ0n) is 14.8. The number of amides is 1. The Balaban J connectivity index is 1.66. The summed E-state index contributed by atoms with van der Waals surface area (Å²) < 4.78 is 5.14. The van der Waals surface area contributed by atoms with Gasteiger partial charge in [0, 0.05) is 6.42 Å². The van der Waals surface area contributed by atoms with Gasteiger partial charge in [-0.05, 0) is 61.3 Å². The van der Waals surface area contributed by atoms with Gasteiger partial charge in [-0.2, -0.15) is 11.8 Å². The Hall–Kier alpha value is -1.69. The zero-order chi connectivity index (χ0) is 18.1. The molecule has 1 fully saturated rings. The minimum absolute atomic E-state index is 0.140. The van der Waals surface area contributed by atoms with Crippen molar-refractivity contribution in [3.8, 4) is 5.75 Å². The van der Waals surface area contributed by atoms with Gasteiger partial charge in [0.15, 0.2) is 0 Å². The van der Waals surface area contributed by atoms with Crippen LogP contribution in [0.1, 0.15) is 44.1 Å². The smallest absolute Gasteiger partial charge is 0.329 e. The number of carbonyl (C=O) groups excluding carboxylic acids is 1. The molecule has 1 aromatic rings. The molecule has 0 aliphatic carbocycles. The molecular formula is C19H27NO4S. The first kappa shape index (κ1) is 19.6. The maximum atomic E-state index is 12.1. The van der Waals surface area contributed by atoms with Crippen molar-refractivity contribution in [2.45, 2.75) is 50.5 Å². The van der Waals surface area contributed by atoms with E-state index in [-0.39, 0.29) is 5.91 Å². The molecule has 1 saturated heterocycles. The van der Waals surface area contributed by atoms with Crippen molar-refractivity contribution in [1.29, 1.82) is 0 Å². The molecule has 2 N–H and O–H groups in total. The Morgan fingerprint density at radius 1 is 1.16 bits per heavy atom. The number of hydrogen-bond acceptors (Lipinski definition) is 4. The molecule has 0 saturated carbocycles. The Bertz CT molecular complexity index is 567. The van der Waals surface area contributed by atoms with Crippen LogP contribution in [0.15, 0.2) is 24.3 Å². The number of nitrogens with one attached hydrogen (secondary N) is 1. The molecule has 0 aromatic heterocycles. The number of carbonyl (C=O) groups is 2. The SMILES string of the molecule is COc1ccc(CCCCCC(=O)NC2(C(=O)O)CCSCC2)cc1. The number of benzene rings is 1. The van der Waals surface area contributed by atoms with Crippen molar-refractivity contribution in [3.05, 3.63) is 29.8 Å². The molecule has 5 nitrogen and oxygen atoms in total. The number of unbranched alkanes of at least 4 members (excludes halogenated alkanes) is 2. The molecule has 0 unspecified atom stereocenters. The van der Waals surface area contributed by atoms with Crippen molar-refractivity contribution in [3.63, 3.8) is 0 Å². The highest BCUT2D eigenvalue weighted by Gasteiger charge is 2.40. The average molecular weight is 365 g/mol. The first-order chi connectivity index (χ1) is 12.1. The van der Waals surface area contributed by atoms with Crippen molar-refractivity contribution in [2.24, 2.45) is 0 Å². The Kier molecular flexibility index (Phi) is 7.62. The fraction of sp³-hybridized carbons (Fsp3) is 0.579. The third-order valence-corrected chi connectivity index (χ3v) is 5.65. The quantitative estimate of drug-likeness (QED) is 0.657. The lowest BCUT2D eigenvalue weighted by Gasteiger charge is -2.33. The minimum Gasteiger partial charge on any atom is -0.497 e. The van der Waals surface area contributed by atoms with Crippen LogP contribution in [-0.4, -0.2) is 41.1 Å². The predicted molar refractivity (Wildman–Crippen MR) is 100 cm³/mol. The number of ether oxygens (including phenoxy) is 1. The van der Waals surface area contributed by atoms with Crippen LogP contribution in [0.25, 0.3) is 0 Å². The van der Waals surface area contributed by atoms with E-state index in [9.17, 15) is 14.7 Å². The van der Waals surface area contributed by atoms with E-state index in [1.54, 1.807) is 18.9 Å². The average Bonchev–Trinajstić information content (AvgIpc) is 2.62. The molecule has 1 heterocycles. The van der Waals surface area contributed by atoms with E-state index in [2.05, 4.69) is 17.4 Å². The second kappa shape index (κ2) is 9.70. The summed E-state index contributed by atoms with van der Waals surface area (Å²) >= 11 is 1.74. The van der Waals surface area contributed by atoms with Crippen LogP contribution in [0.3, 0.4) is 0 Å². The van der Waals surface area contributed by atoms with Crippen molar-refractivity contribution < 1.29 is 19.4 Å². The van der Waals surface area contributed by atoms with E-state index >= 15 is 0 Å². The summed E-state index contributed by atoms with van der Waals surface area (Å²) in [4.78, 5) is 23.7. The van der Waals surface area contributed by atoms with Crippen LogP contribution in [0.2, 0.25) is 0 Å². The summed E-state index contributed by atoms with van der Waals surface area (Å²) in [7, 11) is 1.65. The van der Waals surface area contributed by atoms with E-state index in [0.29, 0.717) is 19.3 Å². The monoisotopic (exact) mass is 365 g/mol. The minimum atomic E-state index is -1.05. The summed E-state index contributed by atoms with van der Waals surface area (Å²) in [5, 5.41) is 12.3. The second-order valence-electron chi connectivity index (χ2n) is 6.46. The number of aryl methyl sites for hydroxylation is 1. The number of methoxy groups -OCH3 is 1. The van der Waals surface area contributed by atoms with Crippen molar-refractivity contribution >= 4 is 23.6 Å². The number of rotatable bonds is 9. The highest BCUT2D eigenvalue weighted by atomic mass is 32.2. The molecule has 25 heavy (non-hydrogen) atoms. The normalized spacial score (nSPS) is 16.2. The largest absolute Gasteiger partial charge is 0.497 e. The highest BCUT2D eigenvalue weighted by molar-refractivity contribution is 7.99. The maximum Gasteiger partial charge on any atom is 0.329 e. The van der Waals surface area contributed by atoms with E-state index in [4.69, 9.17) is 4.74 Å².